The molecule has 1 N–H and O–H groups in total. The third-order valence-electron chi connectivity index (χ3n) is 2.67. The second kappa shape index (κ2) is 3.35. The topological polar surface area (TPSA) is 37.8 Å². The highest BCUT2D eigenvalue weighted by molar-refractivity contribution is 5.67. The standard InChI is InChI=1S/C12H11N3/c1-2-11-10(3-4-14-11)7-9(1)12-8-13-5-6-15-12/h1-2,5-8,14H,3-4H2. The van der Waals surface area contributed by atoms with Crippen LogP contribution in [-0.2, 0) is 6.42 Å². The summed E-state index contributed by atoms with van der Waals surface area (Å²) in [5.74, 6) is 0. The van der Waals surface area contributed by atoms with E-state index in [9.17, 15) is 0 Å². The van der Waals surface area contributed by atoms with E-state index in [-0.39, 0.29) is 0 Å². The molecule has 3 rings (SSSR count). The summed E-state index contributed by atoms with van der Waals surface area (Å²) in [7, 11) is 0. The van der Waals surface area contributed by atoms with Gasteiger partial charge in [0.25, 0.3) is 0 Å². The lowest BCUT2D eigenvalue weighted by molar-refractivity contribution is 1.10. The SMILES string of the molecule is c1cnc(-c2ccc3c(c2)CCN3)cn1. The van der Waals surface area contributed by atoms with Crippen molar-refractivity contribution in [3.8, 4) is 11.3 Å². The minimum Gasteiger partial charge on any atom is -0.384 e. The Labute approximate surface area is 88.2 Å². The van der Waals surface area contributed by atoms with Gasteiger partial charge in [-0.15, -0.1) is 0 Å². The van der Waals surface area contributed by atoms with Gasteiger partial charge in [0.15, 0.2) is 0 Å². The first-order valence-electron chi connectivity index (χ1n) is 5.07. The lowest BCUT2D eigenvalue weighted by Gasteiger charge is -2.03. The molecule has 1 aromatic heterocycles. The predicted molar refractivity (Wildman–Crippen MR) is 59.7 cm³/mol. The van der Waals surface area contributed by atoms with E-state index >= 15 is 0 Å². The molecule has 0 amide bonds. The van der Waals surface area contributed by atoms with Gasteiger partial charge in [0, 0.05) is 30.2 Å². The maximum absolute atomic E-state index is 4.29. The molecule has 1 aliphatic heterocycles. The molecule has 74 valence electrons. The lowest BCUT2D eigenvalue weighted by atomic mass is 10.1. The fourth-order valence-electron chi connectivity index (χ4n) is 1.91. The van der Waals surface area contributed by atoms with Crippen LogP contribution in [0.3, 0.4) is 0 Å². The molecule has 0 unspecified atom stereocenters. The first kappa shape index (κ1) is 8.41. The second-order valence-electron chi connectivity index (χ2n) is 3.64. The van der Waals surface area contributed by atoms with Gasteiger partial charge in [-0.2, -0.15) is 0 Å². The minimum absolute atomic E-state index is 0.937. The summed E-state index contributed by atoms with van der Waals surface area (Å²) >= 11 is 0. The molecule has 0 saturated heterocycles. The number of hydrogen-bond donors (Lipinski definition) is 1. The molecule has 3 heteroatoms. The van der Waals surface area contributed by atoms with Crippen molar-refractivity contribution in [2.75, 3.05) is 11.9 Å². The summed E-state index contributed by atoms with van der Waals surface area (Å²) < 4.78 is 0. The molecule has 0 aliphatic carbocycles. The van der Waals surface area contributed by atoms with Crippen molar-refractivity contribution in [3.63, 3.8) is 0 Å². The third-order valence-corrected chi connectivity index (χ3v) is 2.67. The van der Waals surface area contributed by atoms with E-state index in [0.717, 1.165) is 24.2 Å². The maximum Gasteiger partial charge on any atom is 0.0885 e. The zero-order valence-electron chi connectivity index (χ0n) is 8.27. The van der Waals surface area contributed by atoms with E-state index in [1.807, 2.05) is 0 Å². The Hall–Kier alpha value is -1.90. The highest BCUT2D eigenvalue weighted by Crippen LogP contribution is 2.26. The number of fused-ring (bicyclic) bond motifs is 1. The van der Waals surface area contributed by atoms with Gasteiger partial charge in [0.05, 0.1) is 11.9 Å². The van der Waals surface area contributed by atoms with Crippen molar-refractivity contribution in [1.82, 2.24) is 9.97 Å². The molecule has 15 heavy (non-hydrogen) atoms. The molecule has 1 aromatic carbocycles. The van der Waals surface area contributed by atoms with Crippen LogP contribution in [-0.4, -0.2) is 16.5 Å². The first-order chi connectivity index (χ1) is 7.43. The lowest BCUT2D eigenvalue weighted by Crippen LogP contribution is -1.90. The van der Waals surface area contributed by atoms with Crippen LogP contribution in [0.15, 0.2) is 36.8 Å². The smallest absolute Gasteiger partial charge is 0.0885 e. The average Bonchev–Trinajstić information content (AvgIpc) is 2.77. The van der Waals surface area contributed by atoms with Crippen molar-refractivity contribution >= 4 is 5.69 Å². The van der Waals surface area contributed by atoms with Gasteiger partial charge in [-0.1, -0.05) is 6.07 Å². The van der Waals surface area contributed by atoms with Gasteiger partial charge in [0.2, 0.25) is 0 Å². The first-order valence-corrected chi connectivity index (χ1v) is 5.07. The Bertz CT molecular complexity index is 479. The molecule has 0 spiro atoms. The highest BCUT2D eigenvalue weighted by Gasteiger charge is 2.10. The molecule has 2 aromatic rings. The molecule has 0 saturated carbocycles. The van der Waals surface area contributed by atoms with Crippen LogP contribution < -0.4 is 5.32 Å². The van der Waals surface area contributed by atoms with Gasteiger partial charge < -0.3 is 5.32 Å². The molecular formula is C12H11N3. The van der Waals surface area contributed by atoms with Crippen molar-refractivity contribution < 1.29 is 0 Å². The maximum atomic E-state index is 4.29. The van der Waals surface area contributed by atoms with Crippen LogP contribution in [0.4, 0.5) is 5.69 Å². The van der Waals surface area contributed by atoms with E-state index in [0.29, 0.717) is 0 Å². The number of nitrogens with zero attached hydrogens (tertiary/aromatic N) is 2. The summed E-state index contributed by atoms with van der Waals surface area (Å²) in [5, 5.41) is 3.34. The Kier molecular flexibility index (Phi) is 1.88. The second-order valence-corrected chi connectivity index (χ2v) is 3.64. The number of rotatable bonds is 1. The molecule has 1 aliphatic rings. The molecule has 0 radical (unpaired) electrons. The average molecular weight is 197 g/mol. The zero-order valence-corrected chi connectivity index (χ0v) is 8.27. The molecule has 0 fully saturated rings. The quantitative estimate of drug-likeness (QED) is 0.760. The monoisotopic (exact) mass is 197 g/mol. The predicted octanol–water partition coefficient (Wildman–Crippen LogP) is 2.11. The Balaban J connectivity index is 2.07. The molecule has 0 atom stereocenters. The summed E-state index contributed by atoms with van der Waals surface area (Å²) in [6.45, 7) is 1.04. The van der Waals surface area contributed by atoms with E-state index in [1.54, 1.807) is 18.6 Å². The van der Waals surface area contributed by atoms with E-state index in [2.05, 4.69) is 33.5 Å². The third kappa shape index (κ3) is 1.46. The number of benzene rings is 1. The Morgan fingerprint density at radius 3 is 3.07 bits per heavy atom. The summed E-state index contributed by atoms with van der Waals surface area (Å²) in [5.41, 5.74) is 4.71. The summed E-state index contributed by atoms with van der Waals surface area (Å²) in [4.78, 5) is 8.37. The van der Waals surface area contributed by atoms with Gasteiger partial charge >= 0.3 is 0 Å². The summed E-state index contributed by atoms with van der Waals surface area (Å²) in [6, 6.07) is 6.40. The molecule has 3 nitrogen and oxygen atoms in total. The van der Waals surface area contributed by atoms with Gasteiger partial charge in [-0.3, -0.25) is 9.97 Å². The van der Waals surface area contributed by atoms with Crippen molar-refractivity contribution in [2.45, 2.75) is 6.42 Å². The Morgan fingerprint density at radius 2 is 2.20 bits per heavy atom. The number of nitrogens with one attached hydrogen (secondary N) is 1. The van der Waals surface area contributed by atoms with Crippen LogP contribution in [0.5, 0.6) is 0 Å². The minimum atomic E-state index is 0.937. The number of anilines is 1. The zero-order chi connectivity index (χ0) is 10.1. The van der Waals surface area contributed by atoms with E-state index in [1.165, 1.54) is 11.3 Å². The normalized spacial score (nSPS) is 13.3. The van der Waals surface area contributed by atoms with Crippen LogP contribution in [0.1, 0.15) is 5.56 Å². The fraction of sp³-hybridized carbons (Fsp3) is 0.167. The summed E-state index contributed by atoms with van der Waals surface area (Å²) in [6.07, 6.45) is 6.31. The van der Waals surface area contributed by atoms with Crippen LogP contribution >= 0.6 is 0 Å². The molecular weight excluding hydrogens is 186 g/mol. The molecule has 2 heterocycles. The van der Waals surface area contributed by atoms with Gasteiger partial charge in [-0.05, 0) is 24.1 Å². The van der Waals surface area contributed by atoms with Crippen molar-refractivity contribution in [1.29, 1.82) is 0 Å². The van der Waals surface area contributed by atoms with E-state index < -0.39 is 0 Å². The van der Waals surface area contributed by atoms with Gasteiger partial charge in [0.1, 0.15) is 0 Å². The number of hydrogen-bond acceptors (Lipinski definition) is 3. The highest BCUT2D eigenvalue weighted by atomic mass is 14.9. The van der Waals surface area contributed by atoms with Crippen LogP contribution in [0.2, 0.25) is 0 Å². The largest absolute Gasteiger partial charge is 0.384 e. The Morgan fingerprint density at radius 1 is 1.20 bits per heavy atom. The van der Waals surface area contributed by atoms with E-state index in [4.69, 9.17) is 0 Å². The van der Waals surface area contributed by atoms with Crippen molar-refractivity contribution in [3.05, 3.63) is 42.4 Å². The van der Waals surface area contributed by atoms with Crippen LogP contribution in [0.25, 0.3) is 11.3 Å². The molecule has 0 bridgehead atoms. The number of aromatic nitrogens is 2. The van der Waals surface area contributed by atoms with Gasteiger partial charge in [-0.25, -0.2) is 0 Å². The fourth-order valence-corrected chi connectivity index (χ4v) is 1.91. The van der Waals surface area contributed by atoms with Crippen molar-refractivity contribution in [2.24, 2.45) is 0 Å². The van der Waals surface area contributed by atoms with Crippen LogP contribution in [0, 0.1) is 0 Å².